The van der Waals surface area contributed by atoms with Gasteiger partial charge in [0.25, 0.3) is 0 Å². The first-order valence-corrected chi connectivity index (χ1v) is 6.78. The van der Waals surface area contributed by atoms with Gasteiger partial charge in [-0.15, -0.1) is 0 Å². The average molecular weight is 302 g/mol. The quantitative estimate of drug-likeness (QED) is 0.778. The summed E-state index contributed by atoms with van der Waals surface area (Å²) >= 11 is 5.83. The van der Waals surface area contributed by atoms with Gasteiger partial charge in [0, 0.05) is 5.56 Å². The highest BCUT2D eigenvalue weighted by atomic mass is 35.5. The summed E-state index contributed by atoms with van der Waals surface area (Å²) in [5, 5.41) is 9.08. The molecule has 2 rings (SSSR count). The van der Waals surface area contributed by atoms with Crippen LogP contribution < -0.4 is 0 Å². The molecule has 0 aromatic heterocycles. The molecule has 0 spiro atoms. The predicted molar refractivity (Wildman–Crippen MR) is 80.0 cm³/mol. The van der Waals surface area contributed by atoms with Gasteiger partial charge in [-0.25, -0.2) is 4.39 Å². The number of benzene rings is 2. The van der Waals surface area contributed by atoms with Gasteiger partial charge >= 0.3 is 0 Å². The molecule has 0 N–H and O–H groups in total. The van der Waals surface area contributed by atoms with Crippen LogP contribution in [0.3, 0.4) is 0 Å². The third-order valence-corrected chi connectivity index (χ3v) is 3.86. The molecule has 1 atom stereocenters. The molecule has 2 aromatic rings. The lowest BCUT2D eigenvalue weighted by Crippen LogP contribution is -2.12. The predicted octanol–water partition coefficient (Wildman–Crippen LogP) is 4.59. The molecular formula is C17H13ClFNO. The van der Waals surface area contributed by atoms with E-state index in [9.17, 15) is 14.4 Å². The van der Waals surface area contributed by atoms with Crippen LogP contribution >= 0.6 is 11.6 Å². The molecule has 0 aliphatic carbocycles. The van der Waals surface area contributed by atoms with Crippen molar-refractivity contribution in [2.45, 2.75) is 19.8 Å². The van der Waals surface area contributed by atoms with Crippen LogP contribution in [-0.2, 0) is 0 Å². The van der Waals surface area contributed by atoms with Gasteiger partial charge in [0.1, 0.15) is 11.7 Å². The molecule has 0 amide bonds. The Bertz CT molecular complexity index is 749. The fraction of sp³-hybridized carbons (Fsp3) is 0.176. The number of carbonyl (C=O) groups excluding carboxylic acids is 1. The molecule has 2 aromatic carbocycles. The summed E-state index contributed by atoms with van der Waals surface area (Å²) in [6, 6.07) is 11.4. The minimum atomic E-state index is -0.997. The number of halogens is 2. The summed E-state index contributed by atoms with van der Waals surface area (Å²) in [6.45, 7) is 3.86. The van der Waals surface area contributed by atoms with Crippen LogP contribution in [-0.4, -0.2) is 5.78 Å². The SMILES string of the molecule is Cc1ccc(C(C#N)C(=O)c2cccc(F)c2Cl)cc1C. The number of rotatable bonds is 3. The Balaban J connectivity index is 2.46. The van der Waals surface area contributed by atoms with E-state index in [4.69, 9.17) is 11.6 Å². The Kier molecular flexibility index (Phi) is 4.40. The van der Waals surface area contributed by atoms with E-state index in [0.717, 1.165) is 11.1 Å². The van der Waals surface area contributed by atoms with Gasteiger partial charge in [0.15, 0.2) is 5.78 Å². The molecule has 2 nitrogen and oxygen atoms in total. The van der Waals surface area contributed by atoms with Crippen LogP contribution in [0.5, 0.6) is 0 Å². The summed E-state index contributed by atoms with van der Waals surface area (Å²) in [7, 11) is 0. The highest BCUT2D eigenvalue weighted by molar-refractivity contribution is 6.34. The maximum Gasteiger partial charge on any atom is 0.186 e. The number of nitrogens with zero attached hydrogens (tertiary/aromatic N) is 1. The molecule has 4 heteroatoms. The standard InChI is InChI=1S/C17H13ClFNO/c1-10-6-7-12(8-11(10)2)14(9-20)17(21)13-4-3-5-15(19)16(13)18/h3-8,14H,1-2H3. The molecule has 0 saturated carbocycles. The van der Waals surface area contributed by atoms with Crippen molar-refractivity contribution in [3.8, 4) is 6.07 Å². The summed E-state index contributed by atoms with van der Waals surface area (Å²) in [4.78, 5) is 12.5. The van der Waals surface area contributed by atoms with E-state index < -0.39 is 17.5 Å². The van der Waals surface area contributed by atoms with E-state index >= 15 is 0 Å². The van der Waals surface area contributed by atoms with Crippen molar-refractivity contribution < 1.29 is 9.18 Å². The van der Waals surface area contributed by atoms with E-state index in [1.807, 2.05) is 26.0 Å². The molecule has 0 saturated heterocycles. The molecular weight excluding hydrogens is 289 g/mol. The molecule has 0 heterocycles. The van der Waals surface area contributed by atoms with Crippen molar-refractivity contribution in [2.75, 3.05) is 0 Å². The largest absolute Gasteiger partial charge is 0.292 e. The maximum absolute atomic E-state index is 13.5. The van der Waals surface area contributed by atoms with E-state index in [0.29, 0.717) is 5.56 Å². The zero-order valence-corrected chi connectivity index (χ0v) is 12.4. The lowest BCUT2D eigenvalue weighted by molar-refractivity contribution is 0.0978. The second-order valence-electron chi connectivity index (χ2n) is 4.87. The summed E-state index contributed by atoms with van der Waals surface area (Å²) in [5.74, 6) is -2.16. The van der Waals surface area contributed by atoms with Crippen molar-refractivity contribution in [2.24, 2.45) is 0 Å². The lowest BCUT2D eigenvalue weighted by atomic mass is 9.90. The maximum atomic E-state index is 13.5. The summed E-state index contributed by atoms with van der Waals surface area (Å²) in [5.41, 5.74) is 2.69. The fourth-order valence-corrected chi connectivity index (χ4v) is 2.30. The monoisotopic (exact) mass is 301 g/mol. The Morgan fingerprint density at radius 1 is 1.24 bits per heavy atom. The van der Waals surface area contributed by atoms with E-state index in [-0.39, 0.29) is 10.6 Å². The number of Topliss-reactive ketones (excluding diaryl/α,β-unsaturated/α-hetero) is 1. The highest BCUT2D eigenvalue weighted by Crippen LogP contribution is 2.27. The van der Waals surface area contributed by atoms with Crippen LogP contribution in [0.15, 0.2) is 36.4 Å². The number of hydrogen-bond acceptors (Lipinski definition) is 2. The number of aryl methyl sites for hydroxylation is 2. The Hall–Kier alpha value is -2.18. The second kappa shape index (κ2) is 6.07. The Labute approximate surface area is 127 Å². The molecule has 1 unspecified atom stereocenters. The molecule has 0 bridgehead atoms. The van der Waals surface area contributed by atoms with Gasteiger partial charge in [-0.3, -0.25) is 4.79 Å². The molecule has 0 aliphatic rings. The van der Waals surface area contributed by atoms with Gasteiger partial charge in [0.2, 0.25) is 0 Å². The molecule has 0 radical (unpaired) electrons. The first-order valence-electron chi connectivity index (χ1n) is 6.40. The van der Waals surface area contributed by atoms with Gasteiger partial charge in [-0.1, -0.05) is 35.9 Å². The molecule has 21 heavy (non-hydrogen) atoms. The van der Waals surface area contributed by atoms with Crippen LogP contribution in [0, 0.1) is 31.0 Å². The minimum Gasteiger partial charge on any atom is -0.292 e. The van der Waals surface area contributed by atoms with Crippen LogP contribution in [0.1, 0.15) is 33.0 Å². The lowest BCUT2D eigenvalue weighted by Gasteiger charge is -2.12. The third-order valence-electron chi connectivity index (χ3n) is 3.47. The van der Waals surface area contributed by atoms with Crippen molar-refractivity contribution in [3.63, 3.8) is 0 Å². The number of hydrogen-bond donors (Lipinski definition) is 0. The second-order valence-corrected chi connectivity index (χ2v) is 5.25. The smallest absolute Gasteiger partial charge is 0.186 e. The molecule has 0 fully saturated rings. The first kappa shape index (κ1) is 15.2. The van der Waals surface area contributed by atoms with Crippen molar-refractivity contribution in [3.05, 3.63) is 69.5 Å². The van der Waals surface area contributed by atoms with Crippen LogP contribution in [0.4, 0.5) is 4.39 Å². The summed E-state index contributed by atoms with van der Waals surface area (Å²) in [6.07, 6.45) is 0. The van der Waals surface area contributed by atoms with Gasteiger partial charge < -0.3 is 0 Å². The van der Waals surface area contributed by atoms with Crippen molar-refractivity contribution in [1.29, 1.82) is 5.26 Å². The van der Waals surface area contributed by atoms with Crippen molar-refractivity contribution in [1.82, 2.24) is 0 Å². The summed E-state index contributed by atoms with van der Waals surface area (Å²) < 4.78 is 13.5. The molecule has 0 aliphatic heterocycles. The first-order chi connectivity index (χ1) is 9.95. The number of ketones is 1. The van der Waals surface area contributed by atoms with E-state index in [2.05, 4.69) is 0 Å². The minimum absolute atomic E-state index is 0.0291. The molecule has 106 valence electrons. The van der Waals surface area contributed by atoms with Gasteiger partial charge in [-0.05, 0) is 42.7 Å². The normalized spacial score (nSPS) is 11.8. The van der Waals surface area contributed by atoms with Gasteiger partial charge in [-0.2, -0.15) is 5.26 Å². The Morgan fingerprint density at radius 3 is 2.57 bits per heavy atom. The third kappa shape index (κ3) is 2.96. The van der Waals surface area contributed by atoms with Crippen LogP contribution in [0.2, 0.25) is 5.02 Å². The zero-order chi connectivity index (χ0) is 15.6. The number of carbonyl (C=O) groups is 1. The van der Waals surface area contributed by atoms with Gasteiger partial charge in [0.05, 0.1) is 11.1 Å². The van der Waals surface area contributed by atoms with Crippen LogP contribution in [0.25, 0.3) is 0 Å². The van der Waals surface area contributed by atoms with E-state index in [1.54, 1.807) is 12.1 Å². The average Bonchev–Trinajstić information content (AvgIpc) is 2.46. The topological polar surface area (TPSA) is 40.9 Å². The Morgan fingerprint density at radius 2 is 1.95 bits per heavy atom. The highest BCUT2D eigenvalue weighted by Gasteiger charge is 2.25. The fourth-order valence-electron chi connectivity index (χ4n) is 2.08. The number of nitriles is 1. The van der Waals surface area contributed by atoms with E-state index in [1.165, 1.54) is 18.2 Å². The van der Waals surface area contributed by atoms with Crippen molar-refractivity contribution >= 4 is 17.4 Å². The zero-order valence-electron chi connectivity index (χ0n) is 11.7.